The first-order valence-electron chi connectivity index (χ1n) is 8.74. The van der Waals surface area contributed by atoms with Gasteiger partial charge in [0.25, 0.3) is 0 Å². The lowest BCUT2D eigenvalue weighted by Crippen LogP contribution is -2.03. The van der Waals surface area contributed by atoms with Crippen molar-refractivity contribution in [3.05, 3.63) is 53.7 Å². The van der Waals surface area contributed by atoms with Crippen molar-refractivity contribution in [1.29, 1.82) is 0 Å². The molecule has 0 aliphatic carbocycles. The summed E-state index contributed by atoms with van der Waals surface area (Å²) in [5, 5.41) is 0. The number of benzene rings is 2. The molecule has 3 aromatic rings. The van der Waals surface area contributed by atoms with Crippen molar-refractivity contribution in [3.8, 4) is 28.4 Å². The number of aromatic nitrogens is 2. The van der Waals surface area contributed by atoms with Crippen molar-refractivity contribution in [3.63, 3.8) is 0 Å². The predicted molar refractivity (Wildman–Crippen MR) is 108 cm³/mol. The number of hydrogen-bond acceptors (Lipinski definition) is 6. The van der Waals surface area contributed by atoms with E-state index in [2.05, 4.69) is 55.0 Å². The second-order valence-corrected chi connectivity index (χ2v) is 6.69. The molecule has 2 aromatic carbocycles. The summed E-state index contributed by atoms with van der Waals surface area (Å²) in [6, 6.07) is 12.2. The molecule has 6 nitrogen and oxygen atoms in total. The highest BCUT2D eigenvalue weighted by atomic mass is 16.5. The summed E-state index contributed by atoms with van der Waals surface area (Å²) in [6.45, 7) is 6.24. The molecule has 0 atom stereocenters. The fourth-order valence-corrected chi connectivity index (χ4v) is 2.84. The van der Waals surface area contributed by atoms with Gasteiger partial charge in [0, 0.05) is 11.1 Å². The number of hydrogen-bond donors (Lipinski definition) is 2. The zero-order valence-electron chi connectivity index (χ0n) is 16.0. The predicted octanol–water partition coefficient (Wildman–Crippen LogP) is 4.54. The van der Waals surface area contributed by atoms with Crippen LogP contribution in [0.2, 0.25) is 0 Å². The minimum Gasteiger partial charge on any atom is -0.496 e. The van der Waals surface area contributed by atoms with Gasteiger partial charge in [-0.2, -0.15) is 4.98 Å². The van der Waals surface area contributed by atoms with Crippen molar-refractivity contribution >= 4 is 11.8 Å². The van der Waals surface area contributed by atoms with E-state index >= 15 is 0 Å². The van der Waals surface area contributed by atoms with Gasteiger partial charge in [-0.05, 0) is 30.5 Å². The largest absolute Gasteiger partial charge is 0.496 e. The summed E-state index contributed by atoms with van der Waals surface area (Å²) in [5.74, 6) is 2.37. The first kappa shape index (κ1) is 18.5. The van der Waals surface area contributed by atoms with Gasteiger partial charge in [-0.15, -0.1) is 0 Å². The Balaban J connectivity index is 2.13. The topological polar surface area (TPSA) is 96.3 Å². The van der Waals surface area contributed by atoms with Gasteiger partial charge < -0.3 is 20.9 Å². The third kappa shape index (κ3) is 3.95. The van der Waals surface area contributed by atoms with E-state index in [0.29, 0.717) is 11.5 Å². The summed E-state index contributed by atoms with van der Waals surface area (Å²) < 4.78 is 11.7. The van der Waals surface area contributed by atoms with Crippen molar-refractivity contribution in [2.45, 2.75) is 26.7 Å². The molecule has 3 rings (SSSR count). The number of methoxy groups -OCH3 is 1. The standard InChI is InChI=1S/C21H24N4O2/c1-12(2)15-9-17(26-4)16(14-7-5-13(3)6-8-14)10-18(15)27-19-11-24-21(23)25-20(19)22/h5-12H,1-4H3,(H4,22,23,24,25). The zero-order valence-corrected chi connectivity index (χ0v) is 16.0. The van der Waals surface area contributed by atoms with Crippen molar-refractivity contribution < 1.29 is 9.47 Å². The van der Waals surface area contributed by atoms with Crippen LogP contribution in [-0.4, -0.2) is 17.1 Å². The van der Waals surface area contributed by atoms with Crippen LogP contribution in [0.15, 0.2) is 42.6 Å². The normalized spacial score (nSPS) is 10.9. The van der Waals surface area contributed by atoms with Crippen molar-refractivity contribution in [1.82, 2.24) is 9.97 Å². The number of anilines is 2. The van der Waals surface area contributed by atoms with E-state index < -0.39 is 0 Å². The van der Waals surface area contributed by atoms with Crippen LogP contribution in [-0.2, 0) is 0 Å². The van der Waals surface area contributed by atoms with E-state index in [-0.39, 0.29) is 17.7 Å². The molecule has 0 saturated carbocycles. The molecule has 6 heteroatoms. The molecule has 140 valence electrons. The number of rotatable bonds is 5. The van der Waals surface area contributed by atoms with E-state index in [4.69, 9.17) is 20.9 Å². The molecule has 27 heavy (non-hydrogen) atoms. The van der Waals surface area contributed by atoms with Gasteiger partial charge in [0.2, 0.25) is 5.95 Å². The number of ether oxygens (including phenoxy) is 2. The highest BCUT2D eigenvalue weighted by Gasteiger charge is 2.17. The molecule has 4 N–H and O–H groups in total. The Morgan fingerprint density at radius 2 is 1.67 bits per heavy atom. The number of aryl methyl sites for hydroxylation is 1. The zero-order chi connectivity index (χ0) is 19.6. The van der Waals surface area contributed by atoms with E-state index in [9.17, 15) is 0 Å². The summed E-state index contributed by atoms with van der Waals surface area (Å²) in [4.78, 5) is 7.93. The monoisotopic (exact) mass is 364 g/mol. The quantitative estimate of drug-likeness (QED) is 0.690. The highest BCUT2D eigenvalue weighted by molar-refractivity contribution is 5.74. The maximum atomic E-state index is 6.08. The molecule has 0 bridgehead atoms. The van der Waals surface area contributed by atoms with Gasteiger partial charge in [0.15, 0.2) is 11.6 Å². The number of nitrogen functional groups attached to an aromatic ring is 2. The molecule has 0 fully saturated rings. The smallest absolute Gasteiger partial charge is 0.222 e. The lowest BCUT2D eigenvalue weighted by molar-refractivity contribution is 0.412. The second kappa shape index (κ2) is 7.53. The van der Waals surface area contributed by atoms with Gasteiger partial charge in [-0.1, -0.05) is 43.7 Å². The molecule has 0 radical (unpaired) electrons. The summed E-state index contributed by atoms with van der Waals surface area (Å²) >= 11 is 0. The van der Waals surface area contributed by atoms with Crippen LogP contribution in [0.3, 0.4) is 0 Å². The van der Waals surface area contributed by atoms with E-state index in [1.807, 2.05) is 12.1 Å². The summed E-state index contributed by atoms with van der Waals surface area (Å²) in [5.41, 5.74) is 15.7. The van der Waals surface area contributed by atoms with E-state index in [1.54, 1.807) is 7.11 Å². The molecule has 1 aromatic heterocycles. The van der Waals surface area contributed by atoms with Gasteiger partial charge >= 0.3 is 0 Å². The average Bonchev–Trinajstić information content (AvgIpc) is 2.64. The van der Waals surface area contributed by atoms with Crippen LogP contribution in [0.5, 0.6) is 17.2 Å². The Morgan fingerprint density at radius 1 is 0.963 bits per heavy atom. The highest BCUT2D eigenvalue weighted by Crippen LogP contribution is 2.41. The Morgan fingerprint density at radius 3 is 2.26 bits per heavy atom. The van der Waals surface area contributed by atoms with Crippen LogP contribution in [0.4, 0.5) is 11.8 Å². The molecular weight excluding hydrogens is 340 g/mol. The van der Waals surface area contributed by atoms with Crippen molar-refractivity contribution in [2.75, 3.05) is 18.6 Å². The van der Waals surface area contributed by atoms with Crippen LogP contribution in [0, 0.1) is 6.92 Å². The van der Waals surface area contributed by atoms with Gasteiger partial charge in [-0.25, -0.2) is 4.98 Å². The first-order chi connectivity index (χ1) is 12.9. The Labute approximate surface area is 159 Å². The van der Waals surface area contributed by atoms with Crippen molar-refractivity contribution in [2.24, 2.45) is 0 Å². The lowest BCUT2D eigenvalue weighted by atomic mass is 9.96. The van der Waals surface area contributed by atoms with Crippen LogP contribution < -0.4 is 20.9 Å². The maximum Gasteiger partial charge on any atom is 0.222 e. The molecule has 0 aliphatic rings. The third-order valence-corrected chi connectivity index (χ3v) is 4.34. The van der Waals surface area contributed by atoms with Crippen LogP contribution >= 0.6 is 0 Å². The molecule has 1 heterocycles. The Bertz CT molecular complexity index is 953. The van der Waals surface area contributed by atoms with Gasteiger partial charge in [0.05, 0.1) is 13.3 Å². The minimum absolute atomic E-state index is 0.110. The Kier molecular flexibility index (Phi) is 5.16. The third-order valence-electron chi connectivity index (χ3n) is 4.34. The van der Waals surface area contributed by atoms with Gasteiger partial charge in [-0.3, -0.25) is 0 Å². The molecule has 0 saturated heterocycles. The molecule has 0 spiro atoms. The van der Waals surface area contributed by atoms with E-state index in [0.717, 1.165) is 22.4 Å². The van der Waals surface area contributed by atoms with E-state index in [1.165, 1.54) is 11.8 Å². The summed E-state index contributed by atoms with van der Waals surface area (Å²) in [7, 11) is 1.67. The molecular formula is C21H24N4O2. The molecule has 0 unspecified atom stereocenters. The second-order valence-electron chi connectivity index (χ2n) is 6.69. The van der Waals surface area contributed by atoms with Gasteiger partial charge in [0.1, 0.15) is 11.5 Å². The first-order valence-corrected chi connectivity index (χ1v) is 8.74. The SMILES string of the molecule is COc1cc(C(C)C)c(Oc2cnc(N)nc2N)cc1-c1ccc(C)cc1. The minimum atomic E-state index is 0.110. The molecule has 0 aliphatic heterocycles. The maximum absolute atomic E-state index is 6.08. The number of nitrogens with two attached hydrogens (primary N) is 2. The number of nitrogens with zero attached hydrogens (tertiary/aromatic N) is 2. The fourth-order valence-electron chi connectivity index (χ4n) is 2.84. The fraction of sp³-hybridized carbons (Fsp3) is 0.238. The lowest BCUT2D eigenvalue weighted by Gasteiger charge is -2.19. The Hall–Kier alpha value is -3.28. The summed E-state index contributed by atoms with van der Waals surface area (Å²) in [6.07, 6.45) is 1.48. The average molecular weight is 364 g/mol. The van der Waals surface area contributed by atoms with Crippen LogP contribution in [0.25, 0.3) is 11.1 Å². The van der Waals surface area contributed by atoms with Crippen LogP contribution in [0.1, 0.15) is 30.9 Å². The molecule has 0 amide bonds.